The van der Waals surface area contributed by atoms with E-state index in [1.165, 1.54) is 18.1 Å². The van der Waals surface area contributed by atoms with Crippen molar-refractivity contribution in [1.29, 1.82) is 0 Å². The van der Waals surface area contributed by atoms with Gasteiger partial charge in [0.1, 0.15) is 5.82 Å². The van der Waals surface area contributed by atoms with Crippen molar-refractivity contribution in [2.24, 2.45) is 0 Å². The highest BCUT2D eigenvalue weighted by Gasteiger charge is 2.20. The van der Waals surface area contributed by atoms with Crippen molar-refractivity contribution in [3.8, 4) is 0 Å². The number of hydrogen-bond donors (Lipinski definition) is 2. The quantitative estimate of drug-likeness (QED) is 0.806. The molecule has 136 valence electrons. The number of hydrogen-bond acceptors (Lipinski definition) is 6. The molecule has 0 atom stereocenters. The monoisotopic (exact) mass is 355 g/mol. The average Bonchev–Trinajstić information content (AvgIpc) is 2.69. The minimum Gasteiger partial charge on any atom is -0.476 e. The van der Waals surface area contributed by atoms with Crippen molar-refractivity contribution in [2.75, 3.05) is 42.9 Å². The molecule has 2 aromatic rings. The Morgan fingerprint density at radius 3 is 2.38 bits per heavy atom. The Morgan fingerprint density at radius 1 is 1.04 bits per heavy atom. The summed E-state index contributed by atoms with van der Waals surface area (Å²) in [4.78, 5) is 35.0. The van der Waals surface area contributed by atoms with E-state index < -0.39 is 5.97 Å². The summed E-state index contributed by atoms with van der Waals surface area (Å²) in [7, 11) is 0. The van der Waals surface area contributed by atoms with Crippen molar-refractivity contribution < 1.29 is 14.7 Å². The van der Waals surface area contributed by atoms with Crippen LogP contribution >= 0.6 is 0 Å². The van der Waals surface area contributed by atoms with E-state index in [0.29, 0.717) is 31.9 Å². The number of carbonyl (C=O) groups excluding carboxylic acids is 1. The number of aromatic carboxylic acids is 1. The second kappa shape index (κ2) is 8.28. The molecule has 0 bridgehead atoms. The largest absolute Gasteiger partial charge is 0.476 e. The van der Waals surface area contributed by atoms with Gasteiger partial charge in [0, 0.05) is 44.8 Å². The van der Waals surface area contributed by atoms with Crippen LogP contribution in [0.15, 0.2) is 42.7 Å². The third kappa shape index (κ3) is 4.47. The minimum atomic E-state index is -1.12. The summed E-state index contributed by atoms with van der Waals surface area (Å²) in [5.41, 5.74) is 1.08. The fourth-order valence-corrected chi connectivity index (χ4v) is 2.84. The molecule has 1 aromatic carbocycles. The van der Waals surface area contributed by atoms with Gasteiger partial charge < -0.3 is 20.2 Å². The Kier molecular flexibility index (Phi) is 5.62. The van der Waals surface area contributed by atoms with E-state index in [4.69, 9.17) is 5.11 Å². The molecule has 0 saturated carbocycles. The molecule has 8 nitrogen and oxygen atoms in total. The van der Waals surface area contributed by atoms with Gasteiger partial charge in [0.25, 0.3) is 0 Å². The first-order valence-corrected chi connectivity index (χ1v) is 8.50. The number of aromatic nitrogens is 2. The smallest absolute Gasteiger partial charge is 0.356 e. The van der Waals surface area contributed by atoms with Crippen LogP contribution in [-0.2, 0) is 4.79 Å². The number of carboxylic acids is 1. The number of anilines is 2. The van der Waals surface area contributed by atoms with Gasteiger partial charge >= 0.3 is 5.97 Å². The molecule has 0 spiro atoms. The first kappa shape index (κ1) is 17.7. The lowest BCUT2D eigenvalue weighted by Gasteiger charge is -2.36. The Hall–Kier alpha value is -3.16. The fourth-order valence-electron chi connectivity index (χ4n) is 2.84. The van der Waals surface area contributed by atoms with E-state index in [2.05, 4.69) is 32.3 Å². The molecule has 3 rings (SSSR count). The van der Waals surface area contributed by atoms with Crippen LogP contribution in [0.1, 0.15) is 16.9 Å². The summed E-state index contributed by atoms with van der Waals surface area (Å²) in [6, 6.07) is 10.2. The number of nitrogens with zero attached hydrogens (tertiary/aromatic N) is 4. The molecule has 1 saturated heterocycles. The number of carbonyl (C=O) groups is 2. The van der Waals surface area contributed by atoms with Crippen LogP contribution in [0.3, 0.4) is 0 Å². The fraction of sp³-hybridized carbons (Fsp3) is 0.333. The molecule has 1 amide bonds. The summed E-state index contributed by atoms with van der Waals surface area (Å²) in [6.07, 6.45) is 2.90. The van der Waals surface area contributed by atoms with Gasteiger partial charge in [-0.1, -0.05) is 18.2 Å². The first-order chi connectivity index (χ1) is 12.6. The van der Waals surface area contributed by atoms with E-state index in [1.54, 1.807) is 0 Å². The SMILES string of the molecule is O=C(O)c1cnc(NCCC(=O)N2CCN(c3ccccc3)CC2)cn1. The summed E-state index contributed by atoms with van der Waals surface area (Å²) in [5, 5.41) is 11.8. The summed E-state index contributed by atoms with van der Waals surface area (Å²) >= 11 is 0. The zero-order chi connectivity index (χ0) is 18.4. The topological polar surface area (TPSA) is 98.7 Å². The lowest BCUT2D eigenvalue weighted by Crippen LogP contribution is -2.49. The lowest BCUT2D eigenvalue weighted by molar-refractivity contribution is -0.131. The highest BCUT2D eigenvalue weighted by Crippen LogP contribution is 2.15. The number of carboxylic acid groups (broad SMARTS) is 1. The molecular weight excluding hydrogens is 334 g/mol. The molecule has 1 aromatic heterocycles. The Balaban J connectivity index is 1.41. The second-order valence-corrected chi connectivity index (χ2v) is 5.97. The van der Waals surface area contributed by atoms with E-state index in [0.717, 1.165) is 13.1 Å². The van der Waals surface area contributed by atoms with E-state index in [-0.39, 0.29) is 11.6 Å². The van der Waals surface area contributed by atoms with Crippen LogP contribution in [0.25, 0.3) is 0 Å². The van der Waals surface area contributed by atoms with Crippen molar-refractivity contribution in [1.82, 2.24) is 14.9 Å². The predicted octanol–water partition coefficient (Wildman–Crippen LogP) is 1.33. The molecular formula is C18H21N5O3. The number of amides is 1. The van der Waals surface area contributed by atoms with E-state index in [1.807, 2.05) is 23.1 Å². The van der Waals surface area contributed by atoms with Crippen molar-refractivity contribution in [3.63, 3.8) is 0 Å². The first-order valence-electron chi connectivity index (χ1n) is 8.50. The number of benzene rings is 1. The molecule has 8 heteroatoms. The molecule has 0 unspecified atom stereocenters. The molecule has 26 heavy (non-hydrogen) atoms. The third-order valence-corrected chi connectivity index (χ3v) is 4.27. The number of rotatable bonds is 6. The molecule has 2 heterocycles. The zero-order valence-electron chi connectivity index (χ0n) is 14.3. The molecule has 1 aliphatic heterocycles. The zero-order valence-corrected chi connectivity index (χ0v) is 14.3. The van der Waals surface area contributed by atoms with Gasteiger partial charge in [0.15, 0.2) is 5.69 Å². The van der Waals surface area contributed by atoms with Gasteiger partial charge in [-0.25, -0.2) is 14.8 Å². The Morgan fingerprint density at radius 2 is 1.77 bits per heavy atom. The summed E-state index contributed by atoms with van der Waals surface area (Å²) in [6.45, 7) is 3.50. The highest BCUT2D eigenvalue weighted by atomic mass is 16.4. The van der Waals surface area contributed by atoms with Gasteiger partial charge in [-0.05, 0) is 12.1 Å². The van der Waals surface area contributed by atoms with Crippen LogP contribution in [-0.4, -0.2) is 64.6 Å². The number of para-hydroxylation sites is 1. The maximum Gasteiger partial charge on any atom is 0.356 e. The Bertz CT molecular complexity index is 743. The average molecular weight is 355 g/mol. The van der Waals surface area contributed by atoms with Crippen LogP contribution in [0, 0.1) is 0 Å². The normalized spacial score (nSPS) is 14.2. The standard InChI is InChI=1S/C18H21N5O3/c24-17(6-7-19-16-13-20-15(12-21-16)18(25)26)23-10-8-22(9-11-23)14-4-2-1-3-5-14/h1-5,12-13H,6-11H2,(H,19,21)(H,25,26). The van der Waals surface area contributed by atoms with Crippen molar-refractivity contribution in [3.05, 3.63) is 48.4 Å². The van der Waals surface area contributed by atoms with E-state index in [9.17, 15) is 9.59 Å². The van der Waals surface area contributed by atoms with Crippen molar-refractivity contribution in [2.45, 2.75) is 6.42 Å². The molecule has 2 N–H and O–H groups in total. The van der Waals surface area contributed by atoms with Crippen molar-refractivity contribution >= 4 is 23.4 Å². The van der Waals surface area contributed by atoms with Gasteiger partial charge in [-0.15, -0.1) is 0 Å². The van der Waals surface area contributed by atoms with Gasteiger partial charge in [0.05, 0.1) is 12.4 Å². The van der Waals surface area contributed by atoms with Crippen LogP contribution in [0.2, 0.25) is 0 Å². The van der Waals surface area contributed by atoms with E-state index >= 15 is 0 Å². The number of piperazine rings is 1. The second-order valence-electron chi connectivity index (χ2n) is 5.97. The molecule has 1 aliphatic rings. The number of nitrogens with one attached hydrogen (secondary N) is 1. The van der Waals surface area contributed by atoms with Crippen LogP contribution in [0.4, 0.5) is 11.5 Å². The minimum absolute atomic E-state index is 0.0975. The lowest BCUT2D eigenvalue weighted by atomic mass is 10.2. The van der Waals surface area contributed by atoms with Gasteiger partial charge in [-0.3, -0.25) is 4.79 Å². The maximum absolute atomic E-state index is 12.3. The van der Waals surface area contributed by atoms with Gasteiger partial charge in [-0.2, -0.15) is 0 Å². The molecule has 1 fully saturated rings. The summed E-state index contributed by atoms with van der Waals surface area (Å²) < 4.78 is 0. The summed E-state index contributed by atoms with van der Waals surface area (Å²) in [5.74, 6) is -0.564. The molecule has 0 radical (unpaired) electrons. The maximum atomic E-state index is 12.3. The van der Waals surface area contributed by atoms with Gasteiger partial charge in [0.2, 0.25) is 5.91 Å². The Labute approximate surface area is 151 Å². The third-order valence-electron chi connectivity index (χ3n) is 4.27. The van der Waals surface area contributed by atoms with Crippen LogP contribution in [0.5, 0.6) is 0 Å². The molecule has 0 aliphatic carbocycles. The predicted molar refractivity (Wildman–Crippen MR) is 97.3 cm³/mol. The highest BCUT2D eigenvalue weighted by molar-refractivity contribution is 5.84. The van der Waals surface area contributed by atoms with Crippen LogP contribution < -0.4 is 10.2 Å².